The van der Waals surface area contributed by atoms with E-state index >= 15 is 0 Å². The zero-order valence-electron chi connectivity index (χ0n) is 18.4. The maximum atomic E-state index is 12.6. The molecule has 0 fully saturated rings. The van der Waals surface area contributed by atoms with Crippen LogP contribution in [0.4, 0.5) is 0 Å². The summed E-state index contributed by atoms with van der Waals surface area (Å²) in [5.74, 6) is -5.26. The molecule has 0 aliphatic heterocycles. The van der Waals surface area contributed by atoms with E-state index in [2.05, 4.69) is 28.6 Å². The molecule has 3 amide bonds. The minimum absolute atomic E-state index is 0.0539. The highest BCUT2D eigenvalue weighted by Gasteiger charge is 2.31. The lowest BCUT2D eigenvalue weighted by Gasteiger charge is -2.24. The van der Waals surface area contributed by atoms with E-state index in [0.29, 0.717) is 25.8 Å². The number of unbranched alkanes of at least 4 members (excludes halogenated alkanes) is 1. The summed E-state index contributed by atoms with van der Waals surface area (Å²) < 4.78 is 0. The van der Waals surface area contributed by atoms with Gasteiger partial charge >= 0.3 is 11.9 Å². The van der Waals surface area contributed by atoms with E-state index in [9.17, 15) is 29.1 Å². The Hall–Kier alpha value is -2.38. The van der Waals surface area contributed by atoms with E-state index in [1.807, 2.05) is 0 Å². The minimum atomic E-state index is -1.55. The molecule has 0 aliphatic carbocycles. The average Bonchev–Trinajstić information content (AvgIpc) is 2.69. The highest BCUT2D eigenvalue weighted by molar-refractivity contribution is 7.80. The summed E-state index contributed by atoms with van der Waals surface area (Å²) in [6, 6.07) is -4.85. The second kappa shape index (κ2) is 15.4. The van der Waals surface area contributed by atoms with Gasteiger partial charge in [0.25, 0.3) is 0 Å². The number of carbonyl (C=O) groups is 5. The fourth-order valence-electron chi connectivity index (χ4n) is 2.73. The molecule has 9 N–H and O–H groups in total. The van der Waals surface area contributed by atoms with Gasteiger partial charge in [0.1, 0.15) is 18.1 Å². The van der Waals surface area contributed by atoms with E-state index in [4.69, 9.17) is 16.6 Å². The van der Waals surface area contributed by atoms with Crippen molar-refractivity contribution >= 4 is 42.3 Å². The first-order valence-corrected chi connectivity index (χ1v) is 11.0. The van der Waals surface area contributed by atoms with E-state index in [0.717, 1.165) is 0 Å². The van der Waals surface area contributed by atoms with Gasteiger partial charge < -0.3 is 37.6 Å². The lowest BCUT2D eigenvalue weighted by atomic mass is 10.0. The smallest absolute Gasteiger partial charge is 0.326 e. The molecule has 13 heteroatoms. The summed E-state index contributed by atoms with van der Waals surface area (Å²) in [6.07, 6.45) is 1.02. The van der Waals surface area contributed by atoms with Crippen molar-refractivity contribution in [1.82, 2.24) is 16.0 Å². The molecule has 0 radical (unpaired) electrons. The number of hydrogen-bond donors (Lipinski definition) is 8. The lowest BCUT2D eigenvalue weighted by Crippen LogP contribution is -2.58. The molecule has 0 rings (SSSR count). The minimum Gasteiger partial charge on any atom is -0.481 e. The largest absolute Gasteiger partial charge is 0.481 e. The molecule has 4 unspecified atom stereocenters. The molecule has 0 aliphatic rings. The van der Waals surface area contributed by atoms with Gasteiger partial charge in [0, 0.05) is 5.75 Å². The number of amides is 3. The van der Waals surface area contributed by atoms with Crippen molar-refractivity contribution in [3.8, 4) is 0 Å². The quantitative estimate of drug-likeness (QED) is 0.0950. The van der Waals surface area contributed by atoms with Crippen LogP contribution in [0.15, 0.2) is 0 Å². The van der Waals surface area contributed by atoms with Crippen molar-refractivity contribution in [2.45, 2.75) is 70.1 Å². The van der Waals surface area contributed by atoms with Gasteiger partial charge in [0.05, 0.1) is 12.5 Å². The van der Waals surface area contributed by atoms with Gasteiger partial charge in [-0.2, -0.15) is 12.6 Å². The number of nitrogens with one attached hydrogen (secondary N) is 3. The highest BCUT2D eigenvalue weighted by Crippen LogP contribution is 2.06. The molecule has 0 bridgehead atoms. The topological polar surface area (TPSA) is 214 Å². The van der Waals surface area contributed by atoms with Gasteiger partial charge in [-0.1, -0.05) is 20.3 Å². The Morgan fingerprint density at radius 2 is 1.41 bits per heavy atom. The van der Waals surface area contributed by atoms with Crippen LogP contribution in [0.3, 0.4) is 0 Å². The number of carbonyl (C=O) groups excluding carboxylic acids is 3. The van der Waals surface area contributed by atoms with Crippen LogP contribution >= 0.6 is 12.6 Å². The Bertz CT molecular complexity index is 662. The van der Waals surface area contributed by atoms with Crippen molar-refractivity contribution < 1.29 is 34.2 Å². The molecule has 0 spiro atoms. The summed E-state index contributed by atoms with van der Waals surface area (Å²) in [5.41, 5.74) is 11.2. The van der Waals surface area contributed by atoms with Crippen molar-refractivity contribution in [3.63, 3.8) is 0 Å². The summed E-state index contributed by atoms with van der Waals surface area (Å²) in [7, 11) is 0. The predicted octanol–water partition coefficient (Wildman–Crippen LogP) is -1.57. The van der Waals surface area contributed by atoms with E-state index < -0.39 is 60.2 Å². The Morgan fingerprint density at radius 3 is 1.88 bits per heavy atom. The molecule has 0 heterocycles. The normalized spacial score (nSPS) is 14.7. The third-order valence-electron chi connectivity index (χ3n) is 4.45. The van der Waals surface area contributed by atoms with Crippen molar-refractivity contribution in [2.75, 3.05) is 12.3 Å². The lowest BCUT2D eigenvalue weighted by molar-refractivity contribution is -0.144. The number of rotatable bonds is 16. The van der Waals surface area contributed by atoms with Crippen molar-refractivity contribution in [2.24, 2.45) is 17.4 Å². The van der Waals surface area contributed by atoms with Gasteiger partial charge in [-0.05, 0) is 31.7 Å². The second-order valence-electron chi connectivity index (χ2n) is 7.82. The summed E-state index contributed by atoms with van der Waals surface area (Å²) in [6.45, 7) is 3.99. The van der Waals surface area contributed by atoms with E-state index in [-0.39, 0.29) is 18.1 Å². The molecule has 0 saturated heterocycles. The van der Waals surface area contributed by atoms with Crippen molar-refractivity contribution in [1.29, 1.82) is 0 Å². The molecule has 0 saturated carbocycles. The summed E-state index contributed by atoms with van der Waals surface area (Å²) in [5, 5.41) is 25.3. The van der Waals surface area contributed by atoms with E-state index in [1.165, 1.54) is 0 Å². The summed E-state index contributed by atoms with van der Waals surface area (Å²) >= 11 is 4.02. The van der Waals surface area contributed by atoms with Gasteiger partial charge in [-0.15, -0.1) is 0 Å². The Labute approximate surface area is 192 Å². The number of nitrogens with two attached hydrogens (primary N) is 2. The molecule has 32 heavy (non-hydrogen) atoms. The SMILES string of the molecule is CC(C)CC(NC(=O)C(CC(=O)O)NC(=O)C(CS)NC(=O)C(N)CCCCN)C(=O)O. The predicted molar refractivity (Wildman–Crippen MR) is 120 cm³/mol. The third-order valence-corrected chi connectivity index (χ3v) is 4.82. The monoisotopic (exact) mass is 477 g/mol. The average molecular weight is 478 g/mol. The zero-order chi connectivity index (χ0) is 24.8. The number of hydrogen-bond acceptors (Lipinski definition) is 8. The Balaban J connectivity index is 5.19. The van der Waals surface area contributed by atoms with Gasteiger partial charge in [0.15, 0.2) is 0 Å². The highest BCUT2D eigenvalue weighted by atomic mass is 32.1. The van der Waals surface area contributed by atoms with Crippen LogP contribution < -0.4 is 27.4 Å². The van der Waals surface area contributed by atoms with Crippen molar-refractivity contribution in [3.05, 3.63) is 0 Å². The van der Waals surface area contributed by atoms with Crippen LogP contribution in [0.5, 0.6) is 0 Å². The molecule has 0 aromatic heterocycles. The van der Waals surface area contributed by atoms with Crippen LogP contribution in [0.2, 0.25) is 0 Å². The maximum Gasteiger partial charge on any atom is 0.326 e. The van der Waals surface area contributed by atoms with Crippen LogP contribution in [-0.4, -0.2) is 76.3 Å². The zero-order valence-corrected chi connectivity index (χ0v) is 19.3. The fourth-order valence-corrected chi connectivity index (χ4v) is 2.99. The first kappa shape index (κ1) is 29.6. The van der Waals surface area contributed by atoms with Gasteiger partial charge in [-0.25, -0.2) is 4.79 Å². The molecule has 184 valence electrons. The molecule has 0 aromatic carbocycles. The Kier molecular flexibility index (Phi) is 14.3. The summed E-state index contributed by atoms with van der Waals surface area (Å²) in [4.78, 5) is 59.8. The second-order valence-corrected chi connectivity index (χ2v) is 8.19. The number of thiol groups is 1. The molecular weight excluding hydrogens is 442 g/mol. The van der Waals surface area contributed by atoms with Crippen LogP contribution in [-0.2, 0) is 24.0 Å². The van der Waals surface area contributed by atoms with Gasteiger partial charge in [-0.3, -0.25) is 19.2 Å². The Morgan fingerprint density at radius 1 is 0.875 bits per heavy atom. The number of carboxylic acid groups (broad SMARTS) is 2. The first-order valence-electron chi connectivity index (χ1n) is 10.3. The van der Waals surface area contributed by atoms with Crippen LogP contribution in [0, 0.1) is 5.92 Å². The third kappa shape index (κ3) is 11.9. The van der Waals surface area contributed by atoms with Crippen LogP contribution in [0.25, 0.3) is 0 Å². The number of aliphatic carboxylic acids is 2. The fraction of sp³-hybridized carbons (Fsp3) is 0.737. The van der Waals surface area contributed by atoms with Gasteiger partial charge in [0.2, 0.25) is 17.7 Å². The number of carboxylic acids is 2. The van der Waals surface area contributed by atoms with Crippen LogP contribution in [0.1, 0.15) is 46.0 Å². The van der Waals surface area contributed by atoms with E-state index in [1.54, 1.807) is 13.8 Å². The first-order chi connectivity index (χ1) is 14.9. The molecular formula is C19H35N5O7S. The molecule has 4 atom stereocenters. The standard InChI is InChI=1S/C19H35N5O7S/c1-10(2)7-13(19(30)31)23-17(28)12(8-15(25)26)22-18(29)14(9-32)24-16(27)11(21)5-3-4-6-20/h10-14,32H,3-9,20-21H2,1-2H3,(H,22,29)(H,23,28)(H,24,27)(H,25,26)(H,30,31). The maximum absolute atomic E-state index is 12.6. The molecule has 12 nitrogen and oxygen atoms in total. The molecule has 0 aromatic rings.